The van der Waals surface area contributed by atoms with Crippen molar-refractivity contribution in [3.63, 3.8) is 0 Å². The van der Waals surface area contributed by atoms with Gasteiger partial charge < -0.3 is 14.2 Å². The quantitative estimate of drug-likeness (QED) is 0.265. The van der Waals surface area contributed by atoms with E-state index in [4.69, 9.17) is 14.2 Å². The average Bonchev–Trinajstić information content (AvgIpc) is 2.82. The van der Waals surface area contributed by atoms with E-state index in [0.717, 1.165) is 31.2 Å². The molecule has 1 amide bonds. The van der Waals surface area contributed by atoms with Crippen LogP contribution in [-0.2, 0) is 4.79 Å². The number of amides is 1. The van der Waals surface area contributed by atoms with Crippen molar-refractivity contribution >= 4 is 18.1 Å². The van der Waals surface area contributed by atoms with E-state index in [1.165, 1.54) is 6.42 Å². The Labute approximate surface area is 188 Å². The summed E-state index contributed by atoms with van der Waals surface area (Å²) in [6.45, 7) is 4.72. The molecular weight excluding hydrogens is 408 g/mol. The van der Waals surface area contributed by atoms with Gasteiger partial charge in [0.15, 0.2) is 11.5 Å². The Balaban J connectivity index is 1.64. The third kappa shape index (κ3) is 6.57. The zero-order chi connectivity index (χ0) is 22.8. The second-order valence-electron chi connectivity index (χ2n) is 7.56. The van der Waals surface area contributed by atoms with Gasteiger partial charge in [0.05, 0.1) is 25.0 Å². The Kier molecular flexibility index (Phi) is 8.66. The Bertz CT molecular complexity index is 934. The van der Waals surface area contributed by atoms with Crippen LogP contribution in [0.5, 0.6) is 17.2 Å². The summed E-state index contributed by atoms with van der Waals surface area (Å²) in [5.74, 6) is 0.952. The second kappa shape index (κ2) is 11.9. The molecule has 2 aromatic rings. The van der Waals surface area contributed by atoms with Gasteiger partial charge in [0.25, 0.3) is 0 Å². The van der Waals surface area contributed by atoms with E-state index in [1.54, 1.807) is 48.7 Å². The minimum absolute atomic E-state index is 0.0353. The highest BCUT2D eigenvalue weighted by molar-refractivity contribution is 5.92. The fourth-order valence-electron chi connectivity index (χ4n) is 3.60. The summed E-state index contributed by atoms with van der Waals surface area (Å²) >= 11 is 0. The summed E-state index contributed by atoms with van der Waals surface area (Å²) in [5.41, 5.74) is 3.76. The molecule has 0 spiro atoms. The lowest BCUT2D eigenvalue weighted by Gasteiger charge is -2.19. The first-order valence-corrected chi connectivity index (χ1v) is 11.2. The van der Waals surface area contributed by atoms with Crippen molar-refractivity contribution in [3.8, 4) is 17.2 Å². The molecule has 7 nitrogen and oxygen atoms in total. The predicted octanol–water partition coefficient (Wildman–Crippen LogP) is 4.73. The monoisotopic (exact) mass is 438 g/mol. The minimum Gasteiger partial charge on any atom is -0.494 e. The van der Waals surface area contributed by atoms with Gasteiger partial charge in [0.2, 0.25) is 5.91 Å². The molecule has 0 bridgehead atoms. The van der Waals surface area contributed by atoms with Gasteiger partial charge in [-0.1, -0.05) is 19.3 Å². The highest BCUT2D eigenvalue weighted by atomic mass is 16.6. The number of benzene rings is 2. The van der Waals surface area contributed by atoms with Crippen molar-refractivity contribution in [2.75, 3.05) is 13.2 Å². The molecule has 2 aromatic carbocycles. The highest BCUT2D eigenvalue weighted by Gasteiger charge is 2.20. The Morgan fingerprint density at radius 2 is 1.69 bits per heavy atom. The maximum atomic E-state index is 12.5. The van der Waals surface area contributed by atoms with Gasteiger partial charge in [0.1, 0.15) is 5.75 Å². The molecule has 170 valence electrons. The lowest BCUT2D eigenvalue weighted by molar-refractivity contribution is -0.125. The van der Waals surface area contributed by atoms with Crippen molar-refractivity contribution in [1.29, 1.82) is 0 Å². The topological polar surface area (TPSA) is 86.2 Å². The smallest absolute Gasteiger partial charge is 0.343 e. The molecule has 7 heteroatoms. The van der Waals surface area contributed by atoms with Crippen molar-refractivity contribution in [2.24, 2.45) is 11.0 Å². The van der Waals surface area contributed by atoms with Crippen LogP contribution in [0.15, 0.2) is 47.6 Å². The van der Waals surface area contributed by atoms with E-state index in [9.17, 15) is 9.59 Å². The molecule has 1 aliphatic carbocycles. The number of esters is 1. The summed E-state index contributed by atoms with van der Waals surface area (Å²) < 4.78 is 16.6. The van der Waals surface area contributed by atoms with Crippen molar-refractivity contribution < 1.29 is 23.8 Å². The molecule has 1 fully saturated rings. The molecule has 0 saturated heterocycles. The number of nitrogens with zero attached hydrogens (tertiary/aromatic N) is 1. The lowest BCUT2D eigenvalue weighted by Crippen LogP contribution is -2.28. The van der Waals surface area contributed by atoms with Gasteiger partial charge in [-0.15, -0.1) is 0 Å². The van der Waals surface area contributed by atoms with Crippen LogP contribution in [0.1, 0.15) is 61.9 Å². The van der Waals surface area contributed by atoms with E-state index in [1.807, 2.05) is 13.8 Å². The molecule has 1 N–H and O–H groups in total. The summed E-state index contributed by atoms with van der Waals surface area (Å²) in [6, 6.07) is 11.9. The first kappa shape index (κ1) is 23.3. The van der Waals surface area contributed by atoms with Crippen LogP contribution < -0.4 is 19.6 Å². The van der Waals surface area contributed by atoms with Gasteiger partial charge in [-0.2, -0.15) is 5.10 Å². The number of ether oxygens (including phenoxy) is 3. The van der Waals surface area contributed by atoms with Crippen LogP contribution in [0, 0.1) is 5.92 Å². The molecule has 1 aliphatic rings. The number of carbonyl (C=O) groups is 2. The largest absolute Gasteiger partial charge is 0.494 e. The van der Waals surface area contributed by atoms with Crippen LogP contribution in [0.4, 0.5) is 0 Å². The molecule has 3 rings (SSSR count). The van der Waals surface area contributed by atoms with Gasteiger partial charge in [-0.25, -0.2) is 10.2 Å². The second-order valence-corrected chi connectivity index (χ2v) is 7.56. The number of hydrogen-bond donors (Lipinski definition) is 1. The van der Waals surface area contributed by atoms with Gasteiger partial charge in [0, 0.05) is 5.92 Å². The van der Waals surface area contributed by atoms with Crippen LogP contribution >= 0.6 is 0 Å². The number of hydrogen-bond acceptors (Lipinski definition) is 6. The average molecular weight is 439 g/mol. The molecular formula is C25H30N2O5. The normalized spacial score (nSPS) is 14.2. The molecule has 0 radical (unpaired) electrons. The third-order valence-electron chi connectivity index (χ3n) is 5.24. The van der Waals surface area contributed by atoms with E-state index in [0.29, 0.717) is 36.0 Å². The van der Waals surface area contributed by atoms with E-state index in [2.05, 4.69) is 10.5 Å². The molecule has 0 heterocycles. The van der Waals surface area contributed by atoms with Crippen LogP contribution in [0.2, 0.25) is 0 Å². The van der Waals surface area contributed by atoms with Crippen molar-refractivity contribution in [1.82, 2.24) is 5.43 Å². The third-order valence-corrected chi connectivity index (χ3v) is 5.24. The molecule has 0 aromatic heterocycles. The number of hydrazone groups is 1. The summed E-state index contributed by atoms with van der Waals surface area (Å²) in [7, 11) is 0. The Morgan fingerprint density at radius 1 is 0.969 bits per heavy atom. The maximum absolute atomic E-state index is 12.5. The fraction of sp³-hybridized carbons (Fsp3) is 0.400. The highest BCUT2D eigenvalue weighted by Crippen LogP contribution is 2.29. The SMILES string of the molecule is CCOc1ccc(C(=O)Oc2ccc(C=NNC(=O)C3CCCCC3)cc2OCC)cc1. The van der Waals surface area contributed by atoms with Crippen LogP contribution in [0.25, 0.3) is 0 Å². The zero-order valence-corrected chi connectivity index (χ0v) is 18.6. The lowest BCUT2D eigenvalue weighted by atomic mass is 9.89. The van der Waals surface area contributed by atoms with Gasteiger partial charge >= 0.3 is 5.97 Å². The van der Waals surface area contributed by atoms with Gasteiger partial charge in [-0.05, 0) is 74.7 Å². The number of rotatable bonds is 9. The molecule has 0 atom stereocenters. The van der Waals surface area contributed by atoms with E-state index >= 15 is 0 Å². The Morgan fingerprint density at radius 3 is 2.38 bits per heavy atom. The van der Waals surface area contributed by atoms with E-state index < -0.39 is 5.97 Å². The maximum Gasteiger partial charge on any atom is 0.343 e. The Hall–Kier alpha value is -3.35. The van der Waals surface area contributed by atoms with Crippen molar-refractivity contribution in [3.05, 3.63) is 53.6 Å². The van der Waals surface area contributed by atoms with Crippen LogP contribution in [0.3, 0.4) is 0 Å². The predicted molar refractivity (Wildman–Crippen MR) is 122 cm³/mol. The number of nitrogens with one attached hydrogen (secondary N) is 1. The minimum atomic E-state index is -0.491. The first-order chi connectivity index (χ1) is 15.6. The summed E-state index contributed by atoms with van der Waals surface area (Å²) in [6.07, 6.45) is 6.78. The molecule has 1 saturated carbocycles. The standard InChI is InChI=1S/C25H30N2O5/c1-3-30-21-13-11-20(12-14-21)25(29)32-22-15-10-18(16-23(22)31-4-2)17-26-27-24(28)19-8-6-5-7-9-19/h10-17,19H,3-9H2,1-2H3,(H,27,28). The zero-order valence-electron chi connectivity index (χ0n) is 18.6. The summed E-state index contributed by atoms with van der Waals surface area (Å²) in [4.78, 5) is 24.7. The molecule has 0 aliphatic heterocycles. The molecule has 32 heavy (non-hydrogen) atoms. The first-order valence-electron chi connectivity index (χ1n) is 11.2. The fourth-order valence-corrected chi connectivity index (χ4v) is 3.60. The molecule has 0 unspecified atom stereocenters. The van der Waals surface area contributed by atoms with Crippen molar-refractivity contribution in [2.45, 2.75) is 46.0 Å². The van der Waals surface area contributed by atoms with Gasteiger partial charge in [-0.3, -0.25) is 4.79 Å². The summed E-state index contributed by atoms with van der Waals surface area (Å²) in [5, 5.41) is 4.08. The number of carbonyl (C=O) groups excluding carboxylic acids is 2. The van der Waals surface area contributed by atoms with E-state index in [-0.39, 0.29) is 11.8 Å². The van der Waals surface area contributed by atoms with Crippen LogP contribution in [-0.4, -0.2) is 31.3 Å².